The molecule has 1 saturated carbocycles. The van der Waals surface area contributed by atoms with Gasteiger partial charge in [-0.25, -0.2) is 14.5 Å². The minimum Gasteiger partial charge on any atom is -0.387 e. The molecule has 0 saturated heterocycles. The Hall–Kier alpha value is -3.37. The second-order valence-electron chi connectivity index (χ2n) is 8.81. The van der Waals surface area contributed by atoms with E-state index < -0.39 is 6.10 Å². The molecule has 6 rings (SSSR count). The highest BCUT2D eigenvalue weighted by Crippen LogP contribution is 2.56. The Morgan fingerprint density at radius 1 is 1.27 bits per heavy atom. The SMILES string of the molecule is CC(O)c1cnn(-c2ncc(NC(=O)C3CC4(CCC4)c4c3cnc3ccnn43)cc2Cl)n1. The van der Waals surface area contributed by atoms with Gasteiger partial charge in [-0.3, -0.25) is 4.79 Å². The van der Waals surface area contributed by atoms with Crippen LogP contribution in [0, 0.1) is 0 Å². The van der Waals surface area contributed by atoms with Crippen LogP contribution in [0.5, 0.6) is 0 Å². The van der Waals surface area contributed by atoms with Gasteiger partial charge in [0.1, 0.15) is 5.69 Å². The Balaban J connectivity index is 1.28. The fourth-order valence-electron chi connectivity index (χ4n) is 4.99. The third-order valence-electron chi connectivity index (χ3n) is 6.76. The minimum absolute atomic E-state index is 0.0163. The minimum atomic E-state index is -0.748. The molecule has 168 valence electrons. The van der Waals surface area contributed by atoms with Crippen LogP contribution in [-0.4, -0.2) is 45.6 Å². The molecule has 4 aromatic heterocycles. The van der Waals surface area contributed by atoms with Gasteiger partial charge in [0.15, 0.2) is 11.5 Å². The molecule has 10 nitrogen and oxygen atoms in total. The molecule has 0 radical (unpaired) electrons. The van der Waals surface area contributed by atoms with Crippen LogP contribution < -0.4 is 5.32 Å². The summed E-state index contributed by atoms with van der Waals surface area (Å²) in [5.74, 6) is -0.125. The van der Waals surface area contributed by atoms with Crippen molar-refractivity contribution < 1.29 is 9.90 Å². The van der Waals surface area contributed by atoms with Crippen LogP contribution in [0.2, 0.25) is 5.02 Å². The first-order valence-electron chi connectivity index (χ1n) is 10.9. The van der Waals surface area contributed by atoms with Crippen molar-refractivity contribution in [3.8, 4) is 5.82 Å². The number of pyridine rings is 1. The summed E-state index contributed by atoms with van der Waals surface area (Å²) in [4.78, 5) is 23.4. The zero-order chi connectivity index (χ0) is 22.7. The standard InChI is InChI=1S/C22H21ClN8O2/c1-12(32)17-11-27-31(29-17)20-16(23)7-13(9-25-20)28-21(33)14-8-22(4-2-5-22)19-15(14)10-24-18-3-6-26-30(18)19/h3,6-7,9-12,14,32H,2,4-5,8H2,1H3,(H,28,33). The molecule has 1 spiro atoms. The number of nitrogens with zero attached hydrogens (tertiary/aromatic N) is 7. The summed E-state index contributed by atoms with van der Waals surface area (Å²) in [6, 6.07) is 3.50. The predicted molar refractivity (Wildman–Crippen MR) is 119 cm³/mol. The monoisotopic (exact) mass is 464 g/mol. The van der Waals surface area contributed by atoms with Crippen LogP contribution in [0.3, 0.4) is 0 Å². The highest BCUT2D eigenvalue weighted by atomic mass is 35.5. The Morgan fingerprint density at radius 3 is 2.82 bits per heavy atom. The second-order valence-corrected chi connectivity index (χ2v) is 9.21. The molecule has 1 amide bonds. The average Bonchev–Trinajstić information content (AvgIpc) is 3.49. The fraction of sp³-hybridized carbons (Fsp3) is 0.364. The maximum absolute atomic E-state index is 13.3. The fourth-order valence-corrected chi connectivity index (χ4v) is 5.23. The summed E-state index contributed by atoms with van der Waals surface area (Å²) >= 11 is 6.41. The number of aliphatic hydroxyl groups is 1. The molecule has 2 aliphatic carbocycles. The number of amides is 1. The summed E-state index contributed by atoms with van der Waals surface area (Å²) in [5.41, 5.74) is 3.74. The van der Waals surface area contributed by atoms with Crippen LogP contribution in [0.25, 0.3) is 11.5 Å². The number of halogens is 1. The van der Waals surface area contributed by atoms with Gasteiger partial charge in [0.05, 0.1) is 47.0 Å². The molecule has 0 aliphatic heterocycles. The molecule has 4 aromatic rings. The summed E-state index contributed by atoms with van der Waals surface area (Å²) in [5, 5.41) is 25.6. The molecular formula is C22H21ClN8O2. The third-order valence-corrected chi connectivity index (χ3v) is 7.04. The smallest absolute Gasteiger partial charge is 0.232 e. The van der Waals surface area contributed by atoms with E-state index in [1.54, 1.807) is 19.2 Å². The van der Waals surface area contributed by atoms with E-state index in [0.29, 0.717) is 17.2 Å². The maximum atomic E-state index is 13.3. The van der Waals surface area contributed by atoms with E-state index in [9.17, 15) is 9.90 Å². The number of carbonyl (C=O) groups excluding carboxylic acids is 1. The van der Waals surface area contributed by atoms with Crippen molar-refractivity contribution in [1.82, 2.24) is 34.6 Å². The lowest BCUT2D eigenvalue weighted by molar-refractivity contribution is -0.117. The number of aromatic nitrogens is 7. The van der Waals surface area contributed by atoms with Gasteiger partial charge in [-0.2, -0.15) is 10.2 Å². The van der Waals surface area contributed by atoms with Gasteiger partial charge in [-0.1, -0.05) is 18.0 Å². The number of anilines is 1. The van der Waals surface area contributed by atoms with Crippen LogP contribution in [0.15, 0.2) is 36.9 Å². The van der Waals surface area contributed by atoms with Crippen LogP contribution in [-0.2, 0) is 10.2 Å². The largest absolute Gasteiger partial charge is 0.387 e. The first kappa shape index (κ1) is 20.3. The van der Waals surface area contributed by atoms with Crippen LogP contribution >= 0.6 is 11.6 Å². The van der Waals surface area contributed by atoms with E-state index in [-0.39, 0.29) is 22.3 Å². The van der Waals surface area contributed by atoms with E-state index in [2.05, 4.69) is 30.6 Å². The second kappa shape index (κ2) is 7.32. The summed E-state index contributed by atoms with van der Waals surface area (Å²) < 4.78 is 1.90. The van der Waals surface area contributed by atoms with Gasteiger partial charge in [-0.15, -0.1) is 9.90 Å². The van der Waals surface area contributed by atoms with Gasteiger partial charge < -0.3 is 10.4 Å². The van der Waals surface area contributed by atoms with Crippen molar-refractivity contribution in [2.24, 2.45) is 0 Å². The van der Waals surface area contributed by atoms with Gasteiger partial charge >= 0.3 is 0 Å². The van der Waals surface area contributed by atoms with E-state index in [4.69, 9.17) is 11.6 Å². The number of carbonyl (C=O) groups is 1. The molecule has 11 heteroatoms. The molecule has 2 unspecified atom stereocenters. The van der Waals surface area contributed by atoms with E-state index in [0.717, 1.165) is 42.6 Å². The lowest BCUT2D eigenvalue weighted by atomic mass is 9.66. The van der Waals surface area contributed by atoms with Crippen molar-refractivity contribution in [3.63, 3.8) is 0 Å². The lowest BCUT2D eigenvalue weighted by Gasteiger charge is -2.39. The molecule has 1 fully saturated rings. The maximum Gasteiger partial charge on any atom is 0.232 e. The van der Waals surface area contributed by atoms with Crippen molar-refractivity contribution >= 4 is 28.8 Å². The molecule has 2 N–H and O–H groups in total. The molecule has 0 bridgehead atoms. The van der Waals surface area contributed by atoms with E-state index in [1.807, 2.05) is 16.8 Å². The normalized spacial score (nSPS) is 19.4. The number of hydrogen-bond acceptors (Lipinski definition) is 7. The topological polar surface area (TPSA) is 123 Å². The number of fused-ring (bicyclic) bond motifs is 4. The number of hydrogen-bond donors (Lipinski definition) is 2. The molecule has 2 atom stereocenters. The predicted octanol–water partition coefficient (Wildman–Crippen LogP) is 2.96. The summed E-state index contributed by atoms with van der Waals surface area (Å²) in [6.07, 6.45) is 9.79. The Kier molecular flexibility index (Phi) is 4.49. The first-order chi connectivity index (χ1) is 15.9. The van der Waals surface area contributed by atoms with Gasteiger partial charge in [-0.05, 0) is 32.3 Å². The highest BCUT2D eigenvalue weighted by Gasteiger charge is 2.51. The molecule has 2 aliphatic rings. The lowest BCUT2D eigenvalue weighted by Crippen LogP contribution is -2.34. The van der Waals surface area contributed by atoms with Gasteiger partial charge in [0, 0.05) is 23.2 Å². The van der Waals surface area contributed by atoms with Crippen molar-refractivity contribution in [3.05, 3.63) is 58.9 Å². The summed E-state index contributed by atoms with van der Waals surface area (Å²) in [7, 11) is 0. The quantitative estimate of drug-likeness (QED) is 0.476. The number of nitrogens with one attached hydrogen (secondary N) is 1. The zero-order valence-electron chi connectivity index (χ0n) is 17.8. The zero-order valence-corrected chi connectivity index (χ0v) is 18.6. The van der Waals surface area contributed by atoms with Gasteiger partial charge in [0.2, 0.25) is 5.91 Å². The van der Waals surface area contributed by atoms with Crippen molar-refractivity contribution in [2.45, 2.75) is 50.0 Å². The Labute approximate surface area is 193 Å². The molecule has 33 heavy (non-hydrogen) atoms. The summed E-state index contributed by atoms with van der Waals surface area (Å²) in [6.45, 7) is 1.60. The van der Waals surface area contributed by atoms with Crippen molar-refractivity contribution in [1.29, 1.82) is 0 Å². The van der Waals surface area contributed by atoms with Crippen molar-refractivity contribution in [2.75, 3.05) is 5.32 Å². The average molecular weight is 465 g/mol. The Bertz CT molecular complexity index is 1390. The van der Waals surface area contributed by atoms with Crippen LogP contribution in [0.4, 0.5) is 5.69 Å². The van der Waals surface area contributed by atoms with Crippen LogP contribution in [0.1, 0.15) is 61.6 Å². The number of rotatable bonds is 4. The molecule has 0 aromatic carbocycles. The number of aliphatic hydroxyl groups excluding tert-OH is 1. The Morgan fingerprint density at radius 2 is 2.12 bits per heavy atom. The highest BCUT2D eigenvalue weighted by molar-refractivity contribution is 6.32. The third kappa shape index (κ3) is 3.12. The molecule has 4 heterocycles. The van der Waals surface area contributed by atoms with Gasteiger partial charge in [0.25, 0.3) is 0 Å². The molecular weight excluding hydrogens is 444 g/mol. The van der Waals surface area contributed by atoms with E-state index >= 15 is 0 Å². The first-order valence-corrected chi connectivity index (χ1v) is 11.2. The van der Waals surface area contributed by atoms with E-state index in [1.165, 1.54) is 17.2 Å².